The lowest BCUT2D eigenvalue weighted by atomic mass is 10.2. The van der Waals surface area contributed by atoms with Gasteiger partial charge in [0.05, 0.1) is 11.7 Å². The molecule has 0 aromatic carbocycles. The monoisotopic (exact) mass is 242 g/mol. The molecule has 4 heteroatoms. The van der Waals surface area contributed by atoms with Gasteiger partial charge in [0.15, 0.2) is 0 Å². The zero-order valence-corrected chi connectivity index (χ0v) is 10.9. The largest absolute Gasteiger partial charge is 0.369 e. The van der Waals surface area contributed by atoms with Crippen LogP contribution in [0, 0.1) is 0 Å². The quantitative estimate of drug-likeness (QED) is 0.803. The summed E-state index contributed by atoms with van der Waals surface area (Å²) >= 11 is 0. The van der Waals surface area contributed by atoms with Crippen LogP contribution in [0.15, 0.2) is 30.7 Å². The average molecular weight is 242 g/mol. The first-order valence-corrected chi connectivity index (χ1v) is 6.36. The van der Waals surface area contributed by atoms with Gasteiger partial charge in [-0.15, -0.1) is 0 Å². The fourth-order valence-corrected chi connectivity index (χ4v) is 2.64. The second-order valence-electron chi connectivity index (χ2n) is 5.08. The van der Waals surface area contributed by atoms with Crippen molar-refractivity contribution in [3.05, 3.63) is 30.7 Å². The van der Waals surface area contributed by atoms with E-state index >= 15 is 0 Å². The minimum atomic E-state index is 0.648. The first-order chi connectivity index (χ1) is 8.75. The number of fused-ring (bicyclic) bond motifs is 1. The van der Waals surface area contributed by atoms with Crippen LogP contribution in [0.5, 0.6) is 0 Å². The van der Waals surface area contributed by atoms with Gasteiger partial charge < -0.3 is 9.80 Å². The van der Waals surface area contributed by atoms with Gasteiger partial charge in [-0.05, 0) is 32.6 Å². The second-order valence-corrected chi connectivity index (χ2v) is 5.08. The van der Waals surface area contributed by atoms with Crippen molar-refractivity contribution in [1.82, 2.24) is 14.9 Å². The van der Waals surface area contributed by atoms with Gasteiger partial charge in [0.25, 0.3) is 0 Å². The molecule has 2 aromatic rings. The van der Waals surface area contributed by atoms with Crippen LogP contribution in [0.25, 0.3) is 10.9 Å². The van der Waals surface area contributed by atoms with Crippen LogP contribution in [-0.2, 0) is 0 Å². The lowest BCUT2D eigenvalue weighted by Crippen LogP contribution is -2.31. The Hall–Kier alpha value is -1.68. The van der Waals surface area contributed by atoms with Crippen molar-refractivity contribution in [3.63, 3.8) is 0 Å². The normalized spacial score (nSPS) is 19.9. The fraction of sp³-hybridized carbons (Fsp3) is 0.429. The van der Waals surface area contributed by atoms with Gasteiger partial charge in [0.2, 0.25) is 0 Å². The van der Waals surface area contributed by atoms with Crippen molar-refractivity contribution >= 4 is 16.6 Å². The van der Waals surface area contributed by atoms with E-state index < -0.39 is 0 Å². The number of pyridine rings is 2. The van der Waals surface area contributed by atoms with Crippen LogP contribution in [0.3, 0.4) is 0 Å². The summed E-state index contributed by atoms with van der Waals surface area (Å²) in [6, 6.07) is 4.82. The summed E-state index contributed by atoms with van der Waals surface area (Å²) in [7, 11) is 4.31. The maximum atomic E-state index is 4.37. The molecule has 1 aliphatic heterocycles. The Bertz CT molecular complexity index is 547. The average Bonchev–Trinajstić information content (AvgIpc) is 2.87. The molecule has 3 heterocycles. The van der Waals surface area contributed by atoms with Crippen LogP contribution in [0.4, 0.5) is 5.69 Å². The summed E-state index contributed by atoms with van der Waals surface area (Å²) in [6.07, 6.45) is 6.77. The van der Waals surface area contributed by atoms with Gasteiger partial charge in [-0.2, -0.15) is 0 Å². The van der Waals surface area contributed by atoms with Crippen molar-refractivity contribution in [1.29, 1.82) is 0 Å². The highest BCUT2D eigenvalue weighted by molar-refractivity contribution is 5.90. The first kappa shape index (κ1) is 11.4. The van der Waals surface area contributed by atoms with E-state index in [0.717, 1.165) is 18.6 Å². The second kappa shape index (κ2) is 4.53. The van der Waals surface area contributed by atoms with E-state index in [0.29, 0.717) is 6.04 Å². The summed E-state index contributed by atoms with van der Waals surface area (Å²) in [5.41, 5.74) is 2.26. The van der Waals surface area contributed by atoms with E-state index in [1.54, 1.807) is 0 Å². The van der Waals surface area contributed by atoms with Crippen LogP contribution in [0.2, 0.25) is 0 Å². The molecule has 1 aliphatic rings. The van der Waals surface area contributed by atoms with Crippen molar-refractivity contribution in [2.75, 3.05) is 32.1 Å². The van der Waals surface area contributed by atoms with E-state index in [-0.39, 0.29) is 0 Å². The van der Waals surface area contributed by atoms with Crippen molar-refractivity contribution in [2.45, 2.75) is 12.5 Å². The number of anilines is 1. The molecule has 1 saturated heterocycles. The molecule has 0 radical (unpaired) electrons. The maximum absolute atomic E-state index is 4.37. The SMILES string of the molecule is CN(C)C1CCN(c2ccnc3cnccc23)C1. The molecular weight excluding hydrogens is 224 g/mol. The van der Waals surface area contributed by atoms with Crippen LogP contribution >= 0.6 is 0 Å². The van der Waals surface area contributed by atoms with Crippen LogP contribution in [-0.4, -0.2) is 48.1 Å². The van der Waals surface area contributed by atoms with Gasteiger partial charge in [0, 0.05) is 42.6 Å². The Labute approximate surface area is 107 Å². The molecule has 1 atom stereocenters. The predicted octanol–water partition coefficient (Wildman–Crippen LogP) is 1.77. The van der Waals surface area contributed by atoms with E-state index in [2.05, 4.69) is 46.0 Å². The highest BCUT2D eigenvalue weighted by Gasteiger charge is 2.25. The number of hydrogen-bond acceptors (Lipinski definition) is 4. The van der Waals surface area contributed by atoms with Gasteiger partial charge >= 0.3 is 0 Å². The zero-order valence-electron chi connectivity index (χ0n) is 10.9. The lowest BCUT2D eigenvalue weighted by Gasteiger charge is -2.22. The third-order valence-corrected chi connectivity index (χ3v) is 3.76. The Morgan fingerprint density at radius 1 is 1.28 bits per heavy atom. The van der Waals surface area contributed by atoms with E-state index in [1.165, 1.54) is 17.5 Å². The van der Waals surface area contributed by atoms with E-state index in [9.17, 15) is 0 Å². The summed E-state index contributed by atoms with van der Waals surface area (Å²) in [4.78, 5) is 13.3. The van der Waals surface area contributed by atoms with Crippen LogP contribution < -0.4 is 4.90 Å². The third-order valence-electron chi connectivity index (χ3n) is 3.76. The number of hydrogen-bond donors (Lipinski definition) is 0. The molecule has 0 saturated carbocycles. The smallest absolute Gasteiger partial charge is 0.0905 e. The van der Waals surface area contributed by atoms with Gasteiger partial charge in [-0.25, -0.2) is 0 Å². The zero-order chi connectivity index (χ0) is 12.5. The Balaban J connectivity index is 1.96. The van der Waals surface area contributed by atoms with Gasteiger partial charge in [-0.1, -0.05) is 0 Å². The van der Waals surface area contributed by atoms with Gasteiger partial charge in [-0.3, -0.25) is 9.97 Å². The third kappa shape index (κ3) is 1.93. The molecule has 0 bridgehead atoms. The van der Waals surface area contributed by atoms with Crippen LogP contribution in [0.1, 0.15) is 6.42 Å². The summed E-state index contributed by atoms with van der Waals surface area (Å²) < 4.78 is 0. The summed E-state index contributed by atoms with van der Waals surface area (Å²) in [6.45, 7) is 2.21. The van der Waals surface area contributed by atoms with Crippen molar-refractivity contribution in [3.8, 4) is 0 Å². The maximum Gasteiger partial charge on any atom is 0.0905 e. The minimum absolute atomic E-state index is 0.648. The molecular formula is C14H18N4. The molecule has 0 N–H and O–H groups in total. The van der Waals surface area contributed by atoms with E-state index in [4.69, 9.17) is 0 Å². The molecule has 4 nitrogen and oxygen atoms in total. The Morgan fingerprint density at radius 3 is 2.94 bits per heavy atom. The molecule has 0 spiro atoms. The predicted molar refractivity (Wildman–Crippen MR) is 73.8 cm³/mol. The highest BCUT2D eigenvalue weighted by atomic mass is 15.2. The number of rotatable bonds is 2. The fourth-order valence-electron chi connectivity index (χ4n) is 2.64. The van der Waals surface area contributed by atoms with Crippen molar-refractivity contribution in [2.24, 2.45) is 0 Å². The minimum Gasteiger partial charge on any atom is -0.369 e. The number of nitrogens with zero attached hydrogens (tertiary/aromatic N) is 4. The molecule has 94 valence electrons. The molecule has 1 fully saturated rings. The Kier molecular flexibility index (Phi) is 2.88. The number of likely N-dealkylation sites (N-methyl/N-ethyl adjacent to an activating group) is 1. The molecule has 0 aliphatic carbocycles. The standard InChI is InChI=1S/C14H18N4/c1-17(2)11-5-8-18(10-11)14-4-7-16-13-9-15-6-3-12(13)14/h3-4,6-7,9,11H,5,8,10H2,1-2H3. The molecule has 0 amide bonds. The highest BCUT2D eigenvalue weighted by Crippen LogP contribution is 2.28. The number of aromatic nitrogens is 2. The molecule has 2 aromatic heterocycles. The molecule has 1 unspecified atom stereocenters. The summed E-state index contributed by atoms with van der Waals surface area (Å²) in [5, 5.41) is 1.20. The summed E-state index contributed by atoms with van der Waals surface area (Å²) in [5.74, 6) is 0. The van der Waals surface area contributed by atoms with Gasteiger partial charge in [0.1, 0.15) is 0 Å². The topological polar surface area (TPSA) is 32.3 Å². The van der Waals surface area contributed by atoms with E-state index in [1.807, 2.05) is 18.6 Å². The Morgan fingerprint density at radius 2 is 2.17 bits per heavy atom. The molecule has 3 rings (SSSR count). The van der Waals surface area contributed by atoms with Crippen molar-refractivity contribution < 1.29 is 0 Å². The lowest BCUT2D eigenvalue weighted by molar-refractivity contribution is 0.315. The first-order valence-electron chi connectivity index (χ1n) is 6.36. The molecule has 18 heavy (non-hydrogen) atoms.